The molecule has 3 aromatic heterocycles. The molecule has 0 bridgehead atoms. The van der Waals surface area contributed by atoms with Crippen LogP contribution in [-0.2, 0) is 6.54 Å². The molecule has 1 fully saturated rings. The van der Waals surface area contributed by atoms with Crippen LogP contribution in [0, 0.1) is 0 Å². The Bertz CT molecular complexity index is 1040. The summed E-state index contributed by atoms with van der Waals surface area (Å²) < 4.78 is 32.3. The monoisotopic (exact) mass is 400 g/mol. The van der Waals surface area contributed by atoms with Gasteiger partial charge in [0.05, 0.1) is 35.4 Å². The average Bonchev–Trinajstić information content (AvgIpc) is 3.48. The van der Waals surface area contributed by atoms with Gasteiger partial charge in [0, 0.05) is 18.6 Å². The van der Waals surface area contributed by atoms with E-state index >= 15 is 0 Å². The summed E-state index contributed by atoms with van der Waals surface area (Å²) in [6, 6.07) is 3.64. The van der Waals surface area contributed by atoms with Gasteiger partial charge in [0.2, 0.25) is 5.89 Å². The molecule has 1 aliphatic heterocycles. The van der Waals surface area contributed by atoms with E-state index in [2.05, 4.69) is 20.3 Å². The summed E-state index contributed by atoms with van der Waals surface area (Å²) in [5.41, 5.74) is 1.46. The molecular formula is C19H18F2N6O2. The molecule has 4 heterocycles. The van der Waals surface area contributed by atoms with Crippen LogP contribution >= 0.6 is 0 Å². The minimum Gasteiger partial charge on any atom is -0.415 e. The van der Waals surface area contributed by atoms with Crippen LogP contribution in [-0.4, -0.2) is 41.8 Å². The van der Waals surface area contributed by atoms with Crippen molar-refractivity contribution in [3.63, 3.8) is 0 Å². The zero-order chi connectivity index (χ0) is 20.0. The summed E-state index contributed by atoms with van der Waals surface area (Å²) in [7, 11) is 0. The van der Waals surface area contributed by atoms with E-state index in [0.717, 1.165) is 25.7 Å². The van der Waals surface area contributed by atoms with Crippen LogP contribution in [0.15, 0.2) is 35.1 Å². The zero-order valence-electron chi connectivity index (χ0n) is 15.4. The van der Waals surface area contributed by atoms with Crippen molar-refractivity contribution in [2.75, 3.05) is 0 Å². The number of hydrogen-bond donors (Lipinski definition) is 0. The maximum atomic E-state index is 13.2. The smallest absolute Gasteiger partial charge is 0.314 e. The van der Waals surface area contributed by atoms with Crippen LogP contribution in [0.1, 0.15) is 60.1 Å². The number of aromatic nitrogens is 5. The fourth-order valence-corrected chi connectivity index (χ4v) is 4.26. The van der Waals surface area contributed by atoms with E-state index in [1.54, 1.807) is 12.3 Å². The molecule has 150 valence electrons. The van der Waals surface area contributed by atoms with E-state index < -0.39 is 12.3 Å². The molecule has 0 saturated heterocycles. The first-order valence-corrected chi connectivity index (χ1v) is 9.53. The zero-order valence-corrected chi connectivity index (χ0v) is 15.4. The second-order valence-electron chi connectivity index (χ2n) is 7.30. The number of rotatable bonds is 4. The molecule has 1 amide bonds. The SMILES string of the molecule is O=C1c2cc(-c3nnc(C(F)F)o3)cnc2CN1[C@H]1CCCC[C@H]1n1cccn1. The number of hydrogen-bond acceptors (Lipinski definition) is 6. The molecule has 0 spiro atoms. The quantitative estimate of drug-likeness (QED) is 0.667. The number of pyridine rings is 1. The lowest BCUT2D eigenvalue weighted by molar-refractivity contribution is 0.0557. The van der Waals surface area contributed by atoms with Crippen LogP contribution in [0.3, 0.4) is 0 Å². The van der Waals surface area contributed by atoms with Crippen molar-refractivity contribution in [1.29, 1.82) is 0 Å². The molecule has 0 unspecified atom stereocenters. The Hall–Kier alpha value is -3.17. The highest BCUT2D eigenvalue weighted by Crippen LogP contribution is 2.37. The average molecular weight is 400 g/mol. The van der Waals surface area contributed by atoms with E-state index in [1.165, 1.54) is 6.20 Å². The first-order valence-electron chi connectivity index (χ1n) is 9.53. The van der Waals surface area contributed by atoms with Gasteiger partial charge in [0.15, 0.2) is 0 Å². The first-order chi connectivity index (χ1) is 14.1. The molecule has 0 aromatic carbocycles. The van der Waals surface area contributed by atoms with Crippen LogP contribution in [0.4, 0.5) is 8.78 Å². The Labute approximate surface area is 164 Å². The summed E-state index contributed by atoms with van der Waals surface area (Å²) in [5.74, 6) is -0.946. The summed E-state index contributed by atoms with van der Waals surface area (Å²) >= 11 is 0. The molecule has 5 rings (SSSR count). The Morgan fingerprint density at radius 1 is 1.17 bits per heavy atom. The third-order valence-electron chi connectivity index (χ3n) is 5.61. The van der Waals surface area contributed by atoms with Gasteiger partial charge in [-0.2, -0.15) is 13.9 Å². The molecule has 10 heteroatoms. The Kier molecular flexibility index (Phi) is 4.33. The largest absolute Gasteiger partial charge is 0.415 e. The molecule has 0 N–H and O–H groups in total. The third-order valence-corrected chi connectivity index (χ3v) is 5.61. The summed E-state index contributed by atoms with van der Waals surface area (Å²) in [5, 5.41) is 11.4. The van der Waals surface area contributed by atoms with E-state index in [-0.39, 0.29) is 23.9 Å². The van der Waals surface area contributed by atoms with Gasteiger partial charge in [0.1, 0.15) is 0 Å². The van der Waals surface area contributed by atoms with Crippen molar-refractivity contribution < 1.29 is 18.0 Å². The normalized spacial score (nSPS) is 21.8. The Morgan fingerprint density at radius 2 is 2.00 bits per heavy atom. The van der Waals surface area contributed by atoms with Crippen molar-refractivity contribution in [2.45, 2.75) is 50.7 Å². The number of carbonyl (C=O) groups excluding carboxylic acids is 1. The maximum Gasteiger partial charge on any atom is 0.314 e. The summed E-state index contributed by atoms with van der Waals surface area (Å²) in [4.78, 5) is 19.4. The second kappa shape index (κ2) is 7.02. The van der Waals surface area contributed by atoms with E-state index in [9.17, 15) is 13.6 Å². The van der Waals surface area contributed by atoms with Gasteiger partial charge in [-0.1, -0.05) is 12.8 Å². The third kappa shape index (κ3) is 3.08. The fourth-order valence-electron chi connectivity index (χ4n) is 4.26. The van der Waals surface area contributed by atoms with E-state index in [0.29, 0.717) is 23.4 Å². The number of alkyl halides is 2. The molecule has 8 nitrogen and oxygen atoms in total. The maximum absolute atomic E-state index is 13.2. The summed E-state index contributed by atoms with van der Waals surface area (Å²) in [6.45, 7) is 0.420. The molecule has 1 saturated carbocycles. The van der Waals surface area contributed by atoms with Crippen LogP contribution < -0.4 is 0 Å². The van der Waals surface area contributed by atoms with Gasteiger partial charge in [-0.05, 0) is 25.0 Å². The van der Waals surface area contributed by atoms with Crippen LogP contribution in [0.5, 0.6) is 0 Å². The Balaban J connectivity index is 1.43. The molecule has 1 aliphatic carbocycles. The predicted octanol–water partition coefficient (Wildman–Crippen LogP) is 3.41. The number of nitrogens with zero attached hydrogens (tertiary/aromatic N) is 6. The topological polar surface area (TPSA) is 89.9 Å². The lowest BCUT2D eigenvalue weighted by Crippen LogP contribution is -2.43. The number of carbonyl (C=O) groups is 1. The molecular weight excluding hydrogens is 382 g/mol. The molecule has 0 radical (unpaired) electrons. The highest BCUT2D eigenvalue weighted by Gasteiger charge is 2.39. The van der Waals surface area contributed by atoms with Gasteiger partial charge in [-0.3, -0.25) is 14.5 Å². The Morgan fingerprint density at radius 3 is 2.72 bits per heavy atom. The van der Waals surface area contributed by atoms with Crippen molar-refractivity contribution in [3.05, 3.63) is 47.9 Å². The molecule has 3 aromatic rings. The van der Waals surface area contributed by atoms with Gasteiger partial charge < -0.3 is 9.32 Å². The fraction of sp³-hybridized carbons (Fsp3) is 0.421. The number of halogens is 2. The van der Waals surface area contributed by atoms with Crippen LogP contribution in [0.25, 0.3) is 11.5 Å². The minimum absolute atomic E-state index is 0.0302. The molecule has 29 heavy (non-hydrogen) atoms. The molecule has 2 atom stereocenters. The highest BCUT2D eigenvalue weighted by molar-refractivity contribution is 5.98. The predicted molar refractivity (Wildman–Crippen MR) is 95.9 cm³/mol. The van der Waals surface area contributed by atoms with E-state index in [1.807, 2.05) is 21.8 Å². The van der Waals surface area contributed by atoms with Gasteiger partial charge in [0.25, 0.3) is 11.8 Å². The number of amides is 1. The first kappa shape index (κ1) is 17.9. The lowest BCUT2D eigenvalue weighted by Gasteiger charge is -2.37. The van der Waals surface area contributed by atoms with Gasteiger partial charge >= 0.3 is 6.43 Å². The number of fused-ring (bicyclic) bond motifs is 1. The second-order valence-corrected chi connectivity index (χ2v) is 7.30. The van der Waals surface area contributed by atoms with Crippen LogP contribution in [0.2, 0.25) is 0 Å². The van der Waals surface area contributed by atoms with Crippen molar-refractivity contribution in [2.24, 2.45) is 0 Å². The summed E-state index contributed by atoms with van der Waals surface area (Å²) in [6.07, 6.45) is 6.33. The van der Waals surface area contributed by atoms with Crippen molar-refractivity contribution in [1.82, 2.24) is 29.9 Å². The highest BCUT2D eigenvalue weighted by atomic mass is 19.3. The minimum atomic E-state index is -2.85. The van der Waals surface area contributed by atoms with Crippen molar-refractivity contribution >= 4 is 5.91 Å². The van der Waals surface area contributed by atoms with E-state index in [4.69, 9.17) is 4.42 Å². The van der Waals surface area contributed by atoms with Gasteiger partial charge in [-0.15, -0.1) is 10.2 Å². The lowest BCUT2D eigenvalue weighted by atomic mass is 9.89. The molecule has 2 aliphatic rings. The van der Waals surface area contributed by atoms with Crippen molar-refractivity contribution in [3.8, 4) is 11.5 Å². The van der Waals surface area contributed by atoms with Gasteiger partial charge in [-0.25, -0.2) is 0 Å². The standard InChI is InChI=1S/C19H18F2N6O2/c20-16(21)18-25-24-17(29-18)11-8-12-13(22-9-11)10-26(19(12)28)14-4-1-2-5-15(14)27-7-3-6-23-27/h3,6-9,14-16H,1-2,4-5,10H2/t14-,15+/m0/s1.